The van der Waals surface area contributed by atoms with Crippen LogP contribution >= 0.6 is 23.5 Å². The summed E-state index contributed by atoms with van der Waals surface area (Å²) in [6, 6.07) is 0. The van der Waals surface area contributed by atoms with Gasteiger partial charge in [-0.15, -0.1) is 30.1 Å². The van der Waals surface area contributed by atoms with E-state index in [1.807, 2.05) is 23.5 Å². The molecule has 0 bridgehead atoms. The highest BCUT2D eigenvalue weighted by atomic mass is 32.2. The lowest BCUT2D eigenvalue weighted by Gasteiger charge is -2.07. The summed E-state index contributed by atoms with van der Waals surface area (Å²) in [6.45, 7) is 3.79. The molecule has 1 saturated carbocycles. The topological polar surface area (TPSA) is 0 Å². The van der Waals surface area contributed by atoms with Crippen LogP contribution in [0.4, 0.5) is 0 Å². The number of allylic oxidation sites excluding steroid dienone is 1. The highest BCUT2D eigenvalue weighted by Crippen LogP contribution is 2.60. The van der Waals surface area contributed by atoms with Crippen LogP contribution in [0.2, 0.25) is 0 Å². The minimum Gasteiger partial charge on any atom is -0.147 e. The van der Waals surface area contributed by atoms with Crippen LogP contribution in [0, 0.1) is 5.92 Å². The first-order valence-electron chi connectivity index (χ1n) is 3.02. The van der Waals surface area contributed by atoms with Gasteiger partial charge in [0, 0.05) is 5.92 Å². The molecule has 52 valence electrons. The maximum absolute atomic E-state index is 3.79. The van der Waals surface area contributed by atoms with Crippen LogP contribution in [0.25, 0.3) is 0 Å². The first-order valence-corrected chi connectivity index (χ1v) is 5.47. The van der Waals surface area contributed by atoms with Crippen molar-refractivity contribution < 1.29 is 0 Å². The molecule has 0 aromatic heterocycles. The Hall–Kier alpha value is 0.440. The Kier molecular flexibility index (Phi) is 2.17. The first-order chi connectivity index (χ1) is 4.29. The minimum absolute atomic E-state index is 0.516. The van der Waals surface area contributed by atoms with Gasteiger partial charge in [0.05, 0.1) is 4.08 Å². The van der Waals surface area contributed by atoms with Crippen LogP contribution < -0.4 is 0 Å². The van der Waals surface area contributed by atoms with Crippen LogP contribution in [0.5, 0.6) is 0 Å². The molecular weight excluding hydrogens is 148 g/mol. The van der Waals surface area contributed by atoms with Gasteiger partial charge in [-0.2, -0.15) is 0 Å². The molecule has 0 amide bonds. The summed E-state index contributed by atoms with van der Waals surface area (Å²) in [6.07, 6.45) is 7.76. The van der Waals surface area contributed by atoms with Crippen LogP contribution in [-0.4, -0.2) is 16.6 Å². The average molecular weight is 160 g/mol. The van der Waals surface area contributed by atoms with E-state index in [0.29, 0.717) is 4.08 Å². The molecule has 0 spiro atoms. The van der Waals surface area contributed by atoms with Crippen molar-refractivity contribution in [2.45, 2.75) is 10.5 Å². The molecule has 1 fully saturated rings. The van der Waals surface area contributed by atoms with E-state index < -0.39 is 0 Å². The van der Waals surface area contributed by atoms with Crippen molar-refractivity contribution in [2.75, 3.05) is 12.5 Å². The number of hydrogen-bond acceptors (Lipinski definition) is 2. The average Bonchev–Trinajstić information content (AvgIpc) is 2.63. The fraction of sp³-hybridized carbons (Fsp3) is 0.714. The van der Waals surface area contributed by atoms with E-state index in [2.05, 4.69) is 25.2 Å². The van der Waals surface area contributed by atoms with Crippen molar-refractivity contribution in [1.29, 1.82) is 0 Å². The standard InChI is InChI=1S/C7H12S2/c1-4-6-5-7(6,8-2)9-3/h4,6H,1,5H2,2-3H3. The quantitative estimate of drug-likeness (QED) is 0.460. The highest BCUT2D eigenvalue weighted by Gasteiger charge is 2.51. The SMILES string of the molecule is C=CC1CC1(SC)SC. The van der Waals surface area contributed by atoms with Crippen LogP contribution in [-0.2, 0) is 0 Å². The van der Waals surface area contributed by atoms with E-state index in [9.17, 15) is 0 Å². The van der Waals surface area contributed by atoms with Crippen molar-refractivity contribution in [3.63, 3.8) is 0 Å². The monoisotopic (exact) mass is 160 g/mol. The van der Waals surface area contributed by atoms with Gasteiger partial charge >= 0.3 is 0 Å². The zero-order valence-electron chi connectivity index (χ0n) is 5.89. The normalized spacial score (nSPS) is 29.8. The zero-order valence-corrected chi connectivity index (χ0v) is 7.52. The van der Waals surface area contributed by atoms with Crippen molar-refractivity contribution in [2.24, 2.45) is 5.92 Å². The molecule has 1 atom stereocenters. The summed E-state index contributed by atoms with van der Waals surface area (Å²) in [7, 11) is 0. The molecule has 1 rings (SSSR count). The molecule has 1 aliphatic rings. The smallest absolute Gasteiger partial charge is 0.0674 e. The molecule has 0 N–H and O–H groups in total. The molecule has 0 nitrogen and oxygen atoms in total. The Balaban J connectivity index is 2.46. The molecule has 2 heteroatoms. The third kappa shape index (κ3) is 1.15. The number of thioether (sulfide) groups is 2. The lowest BCUT2D eigenvalue weighted by atomic mass is 10.4. The van der Waals surface area contributed by atoms with Crippen molar-refractivity contribution in [3.05, 3.63) is 12.7 Å². The largest absolute Gasteiger partial charge is 0.147 e. The summed E-state index contributed by atoms with van der Waals surface area (Å²) in [5.74, 6) is 0.766. The lowest BCUT2D eigenvalue weighted by molar-refractivity contribution is 1.12. The van der Waals surface area contributed by atoms with Crippen LogP contribution in [0.1, 0.15) is 6.42 Å². The summed E-state index contributed by atoms with van der Waals surface area (Å²) in [5.41, 5.74) is 0. The Morgan fingerprint density at radius 2 is 2.11 bits per heavy atom. The van der Waals surface area contributed by atoms with Gasteiger partial charge in [-0.1, -0.05) is 6.08 Å². The van der Waals surface area contributed by atoms with E-state index in [1.54, 1.807) is 0 Å². The number of rotatable bonds is 3. The predicted molar refractivity (Wildman–Crippen MR) is 48.1 cm³/mol. The van der Waals surface area contributed by atoms with E-state index in [4.69, 9.17) is 0 Å². The summed E-state index contributed by atoms with van der Waals surface area (Å²) in [4.78, 5) is 0. The van der Waals surface area contributed by atoms with Gasteiger partial charge in [0.25, 0.3) is 0 Å². The van der Waals surface area contributed by atoms with Crippen molar-refractivity contribution >= 4 is 23.5 Å². The van der Waals surface area contributed by atoms with E-state index in [1.165, 1.54) is 6.42 Å². The third-order valence-corrected chi connectivity index (χ3v) is 5.21. The van der Waals surface area contributed by atoms with Gasteiger partial charge in [-0.05, 0) is 18.9 Å². The molecule has 0 aromatic carbocycles. The van der Waals surface area contributed by atoms with Crippen molar-refractivity contribution in [1.82, 2.24) is 0 Å². The predicted octanol–water partition coefficient (Wildman–Crippen LogP) is 2.61. The second kappa shape index (κ2) is 2.59. The Labute approximate surface area is 65.5 Å². The fourth-order valence-electron chi connectivity index (χ4n) is 1.06. The Morgan fingerprint density at radius 3 is 2.22 bits per heavy atom. The molecule has 0 heterocycles. The third-order valence-electron chi connectivity index (χ3n) is 1.88. The van der Waals surface area contributed by atoms with E-state index in [-0.39, 0.29) is 0 Å². The highest BCUT2D eigenvalue weighted by molar-refractivity contribution is 8.18. The minimum atomic E-state index is 0.516. The second-order valence-corrected chi connectivity index (χ2v) is 4.80. The summed E-state index contributed by atoms with van der Waals surface area (Å²) < 4.78 is 0.516. The fourth-order valence-corrected chi connectivity index (χ4v) is 3.22. The molecular formula is C7H12S2. The van der Waals surface area contributed by atoms with Gasteiger partial charge in [-0.25, -0.2) is 0 Å². The maximum Gasteiger partial charge on any atom is 0.0674 e. The lowest BCUT2D eigenvalue weighted by Crippen LogP contribution is -1.95. The van der Waals surface area contributed by atoms with Crippen molar-refractivity contribution in [3.8, 4) is 0 Å². The molecule has 0 radical (unpaired) electrons. The van der Waals surface area contributed by atoms with Crippen LogP contribution in [0.3, 0.4) is 0 Å². The first kappa shape index (κ1) is 7.55. The Bertz CT molecular complexity index is 116. The summed E-state index contributed by atoms with van der Waals surface area (Å²) in [5, 5.41) is 0. The van der Waals surface area contributed by atoms with Gasteiger partial charge < -0.3 is 0 Å². The molecule has 9 heavy (non-hydrogen) atoms. The second-order valence-electron chi connectivity index (χ2n) is 2.27. The molecule has 1 unspecified atom stereocenters. The molecule has 0 saturated heterocycles. The molecule has 1 aliphatic carbocycles. The molecule has 0 aliphatic heterocycles. The van der Waals surface area contributed by atoms with Gasteiger partial charge in [0.15, 0.2) is 0 Å². The maximum atomic E-state index is 3.79. The van der Waals surface area contributed by atoms with Gasteiger partial charge in [-0.3, -0.25) is 0 Å². The van der Waals surface area contributed by atoms with Gasteiger partial charge in [0.2, 0.25) is 0 Å². The molecule has 0 aromatic rings. The summed E-state index contributed by atoms with van der Waals surface area (Å²) >= 11 is 3.93. The van der Waals surface area contributed by atoms with Gasteiger partial charge in [0.1, 0.15) is 0 Å². The zero-order chi connectivity index (χ0) is 6.91. The Morgan fingerprint density at radius 1 is 1.56 bits per heavy atom. The number of hydrogen-bond donors (Lipinski definition) is 0. The van der Waals surface area contributed by atoms with Crippen LogP contribution in [0.15, 0.2) is 12.7 Å². The van der Waals surface area contributed by atoms with E-state index >= 15 is 0 Å². The van der Waals surface area contributed by atoms with E-state index in [0.717, 1.165) is 5.92 Å².